The normalized spacial score (nSPS) is 14.2. The highest BCUT2D eigenvalue weighted by Gasteiger charge is 2.36. The zero-order valence-corrected chi connectivity index (χ0v) is 22.1. The molecule has 0 bridgehead atoms. The number of benzene rings is 3. The molecule has 3 amide bonds. The smallest absolute Gasteiger partial charge is 0.294 e. The van der Waals surface area contributed by atoms with E-state index in [-0.39, 0.29) is 10.6 Å². The van der Waals surface area contributed by atoms with Gasteiger partial charge < -0.3 is 10.1 Å². The number of hydrogen-bond acceptors (Lipinski definition) is 8. The predicted octanol–water partition coefficient (Wildman–Crippen LogP) is 6.13. The maximum absolute atomic E-state index is 12.9. The fraction of sp³-hybridized carbons (Fsp3) is 0.148. The molecule has 11 heteroatoms. The molecule has 1 aliphatic heterocycles. The van der Waals surface area contributed by atoms with Gasteiger partial charge in [-0.2, -0.15) is 0 Å². The number of rotatable bonds is 9. The first-order valence-corrected chi connectivity index (χ1v) is 13.2. The predicted molar refractivity (Wildman–Crippen MR) is 147 cm³/mol. The fourth-order valence-electron chi connectivity index (χ4n) is 3.52. The molecule has 194 valence electrons. The first-order chi connectivity index (χ1) is 18.2. The number of nitrogens with zero attached hydrogens (tertiary/aromatic N) is 2. The van der Waals surface area contributed by atoms with Crippen molar-refractivity contribution in [1.29, 1.82) is 0 Å². The van der Waals surface area contributed by atoms with E-state index in [2.05, 4.69) is 5.32 Å². The van der Waals surface area contributed by atoms with Gasteiger partial charge in [-0.15, -0.1) is 0 Å². The van der Waals surface area contributed by atoms with E-state index in [1.54, 1.807) is 36.4 Å². The van der Waals surface area contributed by atoms with Gasteiger partial charge in [-0.3, -0.25) is 29.4 Å². The molecule has 9 nitrogen and oxygen atoms in total. The molecule has 0 spiro atoms. The van der Waals surface area contributed by atoms with Gasteiger partial charge >= 0.3 is 0 Å². The largest absolute Gasteiger partial charge is 0.494 e. The molecule has 1 heterocycles. The molecule has 0 aromatic heterocycles. The minimum atomic E-state index is -0.636. The average molecular weight is 550 g/mol. The van der Waals surface area contributed by atoms with Gasteiger partial charge in [0.2, 0.25) is 5.91 Å². The quantitative estimate of drug-likeness (QED) is 0.192. The third kappa shape index (κ3) is 6.61. The number of anilines is 1. The zero-order valence-electron chi connectivity index (χ0n) is 20.5. The molecule has 4 rings (SSSR count). The summed E-state index contributed by atoms with van der Waals surface area (Å²) >= 11 is 1.95. The van der Waals surface area contributed by atoms with Gasteiger partial charge in [0.1, 0.15) is 12.3 Å². The first kappa shape index (κ1) is 27.0. The maximum atomic E-state index is 12.9. The topological polar surface area (TPSA) is 119 Å². The van der Waals surface area contributed by atoms with Crippen LogP contribution in [0.4, 0.5) is 16.2 Å². The number of imide groups is 1. The van der Waals surface area contributed by atoms with Crippen LogP contribution in [-0.2, 0) is 9.59 Å². The van der Waals surface area contributed by atoms with Crippen LogP contribution in [0, 0.1) is 17.0 Å². The van der Waals surface area contributed by atoms with Crippen molar-refractivity contribution < 1.29 is 24.0 Å². The van der Waals surface area contributed by atoms with Gasteiger partial charge in [0.05, 0.1) is 21.3 Å². The van der Waals surface area contributed by atoms with Crippen molar-refractivity contribution in [3.63, 3.8) is 0 Å². The summed E-state index contributed by atoms with van der Waals surface area (Å²) in [6.07, 6.45) is 1.42. The van der Waals surface area contributed by atoms with Crippen LogP contribution in [0.2, 0.25) is 0 Å². The lowest BCUT2D eigenvalue weighted by Crippen LogP contribution is -2.36. The lowest BCUT2D eigenvalue weighted by Gasteiger charge is -2.12. The average Bonchev–Trinajstić information content (AvgIpc) is 3.14. The van der Waals surface area contributed by atoms with Crippen molar-refractivity contribution >= 4 is 58.0 Å². The minimum Gasteiger partial charge on any atom is -0.494 e. The van der Waals surface area contributed by atoms with E-state index in [1.807, 2.05) is 38.1 Å². The maximum Gasteiger partial charge on any atom is 0.294 e. The molecule has 0 unspecified atom stereocenters. The second-order valence-corrected chi connectivity index (χ2v) is 10.3. The molecule has 0 atom stereocenters. The number of aryl methyl sites for hydroxylation is 1. The summed E-state index contributed by atoms with van der Waals surface area (Å²) in [6.45, 7) is 3.88. The Morgan fingerprint density at radius 3 is 2.47 bits per heavy atom. The molecule has 1 aliphatic rings. The summed E-state index contributed by atoms with van der Waals surface area (Å²) < 4.78 is 5.36. The summed E-state index contributed by atoms with van der Waals surface area (Å²) in [5, 5.41) is 13.8. The lowest BCUT2D eigenvalue weighted by atomic mass is 10.2. The number of carbonyl (C=O) groups excluding carboxylic acids is 3. The van der Waals surface area contributed by atoms with Crippen LogP contribution < -0.4 is 10.1 Å². The Hall–Kier alpha value is -4.09. The molecule has 3 aromatic carbocycles. The molecule has 1 saturated heterocycles. The highest BCUT2D eigenvalue weighted by atomic mass is 32.2. The van der Waals surface area contributed by atoms with E-state index in [1.165, 1.54) is 23.9 Å². The molecular weight excluding hydrogens is 526 g/mol. The Labute approximate surface area is 227 Å². The van der Waals surface area contributed by atoms with E-state index < -0.39 is 28.5 Å². The van der Waals surface area contributed by atoms with Crippen LogP contribution in [0.25, 0.3) is 6.08 Å². The molecule has 0 aliphatic carbocycles. The number of nitro groups is 1. The minimum absolute atomic E-state index is 0.0807. The van der Waals surface area contributed by atoms with Gasteiger partial charge in [0.15, 0.2) is 0 Å². The van der Waals surface area contributed by atoms with Gasteiger partial charge in [-0.1, -0.05) is 35.5 Å². The molecule has 0 radical (unpaired) electrons. The number of thioether (sulfide) groups is 1. The van der Waals surface area contributed by atoms with E-state index >= 15 is 0 Å². The highest BCUT2D eigenvalue weighted by molar-refractivity contribution is 8.18. The zero-order chi connectivity index (χ0) is 27.2. The number of nitrogens with one attached hydrogen (secondary N) is 1. The van der Waals surface area contributed by atoms with E-state index in [4.69, 9.17) is 4.74 Å². The molecule has 1 N–H and O–H groups in total. The van der Waals surface area contributed by atoms with Crippen LogP contribution >= 0.6 is 23.5 Å². The number of hydrogen-bond donors (Lipinski definition) is 1. The summed E-state index contributed by atoms with van der Waals surface area (Å²) in [4.78, 5) is 51.3. The number of amides is 3. The summed E-state index contributed by atoms with van der Waals surface area (Å²) in [5.74, 6) is -0.517. The number of ether oxygens (including phenoxy) is 1. The van der Waals surface area contributed by atoms with Crippen LogP contribution in [0.5, 0.6) is 5.75 Å². The summed E-state index contributed by atoms with van der Waals surface area (Å²) in [6, 6.07) is 19.0. The van der Waals surface area contributed by atoms with E-state index in [0.29, 0.717) is 40.3 Å². The third-order valence-corrected chi connectivity index (χ3v) is 7.33. The van der Waals surface area contributed by atoms with Crippen molar-refractivity contribution in [2.24, 2.45) is 0 Å². The van der Waals surface area contributed by atoms with Crippen LogP contribution in [0.1, 0.15) is 18.1 Å². The Bertz CT molecular complexity index is 1420. The molecule has 1 fully saturated rings. The van der Waals surface area contributed by atoms with E-state index in [0.717, 1.165) is 15.4 Å². The number of nitro benzene ring substituents is 1. The number of carbonyl (C=O) groups is 3. The van der Waals surface area contributed by atoms with Crippen molar-refractivity contribution in [2.45, 2.75) is 23.6 Å². The lowest BCUT2D eigenvalue weighted by molar-refractivity contribution is -0.387. The first-order valence-electron chi connectivity index (χ1n) is 11.5. The van der Waals surface area contributed by atoms with Crippen molar-refractivity contribution in [2.75, 3.05) is 18.5 Å². The third-order valence-electron chi connectivity index (χ3n) is 5.35. The Morgan fingerprint density at radius 2 is 1.82 bits per heavy atom. The summed E-state index contributed by atoms with van der Waals surface area (Å²) in [7, 11) is 0. The Balaban J connectivity index is 1.45. The van der Waals surface area contributed by atoms with Crippen molar-refractivity contribution in [1.82, 2.24) is 4.90 Å². The van der Waals surface area contributed by atoms with Gasteiger partial charge in [0, 0.05) is 16.6 Å². The van der Waals surface area contributed by atoms with Gasteiger partial charge in [-0.05, 0) is 79.7 Å². The Kier molecular flexibility index (Phi) is 8.49. The van der Waals surface area contributed by atoms with Crippen LogP contribution in [0.3, 0.4) is 0 Å². The fourth-order valence-corrected chi connectivity index (χ4v) is 5.26. The molecule has 0 saturated carbocycles. The van der Waals surface area contributed by atoms with Crippen molar-refractivity contribution in [3.8, 4) is 5.75 Å². The monoisotopic (exact) mass is 549 g/mol. The molecular formula is C27H23N3O6S2. The second-order valence-electron chi connectivity index (χ2n) is 8.17. The Morgan fingerprint density at radius 1 is 1.11 bits per heavy atom. The van der Waals surface area contributed by atoms with Gasteiger partial charge in [-0.25, -0.2) is 0 Å². The second kappa shape index (κ2) is 12.0. The SMILES string of the molecule is CCOc1ccc(NC(=O)CN2C(=O)SC(=Cc3ccc(Sc4ccc(C)cc4)c([N+](=O)[O-])c3)C2=O)cc1. The van der Waals surface area contributed by atoms with E-state index in [9.17, 15) is 24.5 Å². The molecule has 38 heavy (non-hydrogen) atoms. The van der Waals surface area contributed by atoms with Crippen LogP contribution in [-0.4, -0.2) is 40.0 Å². The van der Waals surface area contributed by atoms with Gasteiger partial charge in [0.25, 0.3) is 16.8 Å². The summed E-state index contributed by atoms with van der Waals surface area (Å²) in [5.41, 5.74) is 1.87. The van der Waals surface area contributed by atoms with Crippen molar-refractivity contribution in [3.05, 3.63) is 92.9 Å². The van der Waals surface area contributed by atoms with Crippen LogP contribution in [0.15, 0.2) is 81.4 Å². The highest BCUT2D eigenvalue weighted by Crippen LogP contribution is 2.37. The standard InChI is InChI=1S/C27H23N3O6S2/c1-3-36-20-9-7-19(8-10-20)28-25(31)16-29-26(32)24(38-27(29)33)15-18-6-13-23(22(14-18)30(34)35)37-21-11-4-17(2)5-12-21/h4-15H,3,16H2,1-2H3,(H,28,31). The molecule has 3 aromatic rings.